The Bertz CT molecular complexity index is 1300. The van der Waals surface area contributed by atoms with E-state index in [9.17, 15) is 18.5 Å². The Hall–Kier alpha value is -3.63. The first-order chi connectivity index (χ1) is 17.3. The summed E-state index contributed by atoms with van der Waals surface area (Å²) in [5, 5.41) is 11.1. The summed E-state index contributed by atoms with van der Waals surface area (Å²) in [6.45, 7) is 0.327. The maximum absolute atomic E-state index is 13.8. The van der Waals surface area contributed by atoms with Crippen molar-refractivity contribution in [2.45, 2.75) is 29.7 Å². The van der Waals surface area contributed by atoms with Crippen LogP contribution in [0.4, 0.5) is 5.69 Å². The summed E-state index contributed by atoms with van der Waals surface area (Å²) < 4.78 is 45.9. The predicted octanol–water partition coefficient (Wildman–Crippen LogP) is 4.61. The first kappa shape index (κ1) is 25.5. The highest BCUT2D eigenvalue weighted by atomic mass is 32.2. The molecule has 3 aromatic carbocycles. The van der Waals surface area contributed by atoms with Gasteiger partial charge in [0.1, 0.15) is 17.2 Å². The minimum Gasteiger partial charge on any atom is -0.496 e. The standard InChI is InChI=1S/C26H28N2O7S/c1-33-20-16-23(34-2)26(24(17-20)35-3)25(18-8-5-4-6-9-18)22-10-7-15-27(22)36(31,32)21-13-11-19(12-14-21)28(29)30/h4-6,8-9,11-14,16-17,22,25H,7,10,15H2,1-3H3/t22-,25+/m1/s1. The number of ether oxygens (including phenoxy) is 3. The van der Waals surface area contributed by atoms with Gasteiger partial charge in [-0.1, -0.05) is 30.3 Å². The maximum Gasteiger partial charge on any atom is 0.269 e. The predicted molar refractivity (Wildman–Crippen MR) is 134 cm³/mol. The normalized spacial score (nSPS) is 16.9. The van der Waals surface area contributed by atoms with Crippen molar-refractivity contribution in [3.8, 4) is 17.2 Å². The molecule has 0 unspecified atom stereocenters. The van der Waals surface area contributed by atoms with Crippen LogP contribution in [-0.4, -0.2) is 51.6 Å². The number of nitro groups is 1. The molecular weight excluding hydrogens is 484 g/mol. The Labute approximate surface area is 210 Å². The number of nitrogens with zero attached hydrogens (tertiary/aromatic N) is 2. The van der Waals surface area contributed by atoms with Crippen molar-refractivity contribution < 1.29 is 27.6 Å². The summed E-state index contributed by atoms with van der Waals surface area (Å²) in [7, 11) is 0.725. The lowest BCUT2D eigenvalue weighted by molar-refractivity contribution is -0.384. The highest BCUT2D eigenvalue weighted by Crippen LogP contribution is 2.47. The van der Waals surface area contributed by atoms with E-state index in [-0.39, 0.29) is 10.6 Å². The molecule has 1 aliphatic heterocycles. The van der Waals surface area contributed by atoms with E-state index >= 15 is 0 Å². The number of hydrogen-bond donors (Lipinski definition) is 0. The Balaban J connectivity index is 1.86. The molecule has 3 aromatic rings. The van der Waals surface area contributed by atoms with Crippen molar-refractivity contribution in [3.63, 3.8) is 0 Å². The minimum absolute atomic E-state index is 0.0143. The van der Waals surface area contributed by atoms with Gasteiger partial charge in [0.25, 0.3) is 5.69 Å². The third-order valence-corrected chi connectivity index (χ3v) is 8.45. The molecule has 0 aromatic heterocycles. The molecule has 10 heteroatoms. The molecule has 1 saturated heterocycles. The summed E-state index contributed by atoms with van der Waals surface area (Å²) in [6.07, 6.45) is 1.28. The molecule has 0 aliphatic carbocycles. The second kappa shape index (κ2) is 10.5. The number of methoxy groups -OCH3 is 3. The van der Waals surface area contributed by atoms with E-state index in [4.69, 9.17) is 14.2 Å². The maximum atomic E-state index is 13.8. The van der Waals surface area contributed by atoms with E-state index in [0.29, 0.717) is 36.6 Å². The molecule has 0 N–H and O–H groups in total. The molecule has 2 atom stereocenters. The molecule has 4 rings (SSSR count). The van der Waals surface area contributed by atoms with Gasteiger partial charge in [-0.15, -0.1) is 0 Å². The second-order valence-corrected chi connectivity index (χ2v) is 10.3. The Morgan fingerprint density at radius 1 is 0.944 bits per heavy atom. The fourth-order valence-electron chi connectivity index (χ4n) is 4.85. The Kier molecular flexibility index (Phi) is 7.46. The average molecular weight is 513 g/mol. The van der Waals surface area contributed by atoms with Gasteiger partial charge >= 0.3 is 0 Å². The number of sulfonamides is 1. The van der Waals surface area contributed by atoms with E-state index in [1.54, 1.807) is 33.5 Å². The van der Waals surface area contributed by atoms with Crippen molar-refractivity contribution in [2.75, 3.05) is 27.9 Å². The summed E-state index contributed by atoms with van der Waals surface area (Å²) in [5.41, 5.74) is 1.47. The third-order valence-electron chi connectivity index (χ3n) is 6.51. The third kappa shape index (κ3) is 4.74. The first-order valence-corrected chi connectivity index (χ1v) is 12.9. The largest absolute Gasteiger partial charge is 0.496 e. The highest BCUT2D eigenvalue weighted by molar-refractivity contribution is 7.89. The van der Waals surface area contributed by atoms with Gasteiger partial charge in [0.05, 0.1) is 31.1 Å². The van der Waals surface area contributed by atoms with Crippen molar-refractivity contribution in [3.05, 3.63) is 88.0 Å². The van der Waals surface area contributed by atoms with Gasteiger partial charge in [-0.3, -0.25) is 10.1 Å². The second-order valence-electron chi connectivity index (χ2n) is 8.41. The highest BCUT2D eigenvalue weighted by Gasteiger charge is 2.43. The van der Waals surface area contributed by atoms with Crippen LogP contribution in [0.5, 0.6) is 17.2 Å². The zero-order valence-electron chi connectivity index (χ0n) is 20.3. The number of rotatable bonds is 9. The first-order valence-electron chi connectivity index (χ1n) is 11.4. The zero-order chi connectivity index (χ0) is 25.9. The smallest absolute Gasteiger partial charge is 0.269 e. The van der Waals surface area contributed by atoms with E-state index in [0.717, 1.165) is 11.1 Å². The van der Waals surface area contributed by atoms with Crippen LogP contribution in [0.1, 0.15) is 29.9 Å². The van der Waals surface area contributed by atoms with Crippen molar-refractivity contribution in [1.82, 2.24) is 4.31 Å². The number of hydrogen-bond acceptors (Lipinski definition) is 7. The van der Waals surface area contributed by atoms with Crippen LogP contribution in [-0.2, 0) is 10.0 Å². The lowest BCUT2D eigenvalue weighted by atomic mass is 9.83. The molecule has 190 valence electrons. The molecule has 0 amide bonds. The number of nitro benzene ring substituents is 1. The Morgan fingerprint density at radius 3 is 2.08 bits per heavy atom. The topological polar surface area (TPSA) is 108 Å². The SMILES string of the molecule is COc1cc(OC)c([C@@H](c2ccccc2)[C@H]2CCCN2S(=O)(=O)c2ccc([N+](=O)[O-])cc2)c(OC)c1. The Morgan fingerprint density at radius 2 is 1.56 bits per heavy atom. The van der Waals surface area contributed by atoms with Gasteiger partial charge in [-0.2, -0.15) is 4.31 Å². The summed E-state index contributed by atoms with van der Waals surface area (Å²) in [6, 6.07) is 17.7. The molecule has 1 heterocycles. The molecule has 0 saturated carbocycles. The molecule has 1 aliphatic rings. The van der Waals surface area contributed by atoms with E-state index in [2.05, 4.69) is 0 Å². The van der Waals surface area contributed by atoms with Crippen LogP contribution < -0.4 is 14.2 Å². The van der Waals surface area contributed by atoms with Gasteiger partial charge in [-0.05, 0) is 30.5 Å². The van der Waals surface area contributed by atoms with Gasteiger partial charge in [0, 0.05) is 48.3 Å². The van der Waals surface area contributed by atoms with Crippen molar-refractivity contribution in [1.29, 1.82) is 0 Å². The summed E-state index contributed by atoms with van der Waals surface area (Å²) >= 11 is 0. The van der Waals surface area contributed by atoms with E-state index in [1.807, 2.05) is 30.3 Å². The molecule has 9 nitrogen and oxygen atoms in total. The minimum atomic E-state index is -3.94. The fourth-order valence-corrected chi connectivity index (χ4v) is 6.56. The lowest BCUT2D eigenvalue weighted by Crippen LogP contribution is -2.39. The summed E-state index contributed by atoms with van der Waals surface area (Å²) in [5.74, 6) is 1.21. The van der Waals surface area contributed by atoms with Gasteiger partial charge in [-0.25, -0.2) is 8.42 Å². The molecule has 0 spiro atoms. The van der Waals surface area contributed by atoms with Crippen molar-refractivity contribution in [2.24, 2.45) is 0 Å². The molecule has 1 fully saturated rings. The van der Waals surface area contributed by atoms with Crippen LogP contribution in [0.25, 0.3) is 0 Å². The molecule has 0 bridgehead atoms. The van der Waals surface area contributed by atoms with Crippen LogP contribution in [0.2, 0.25) is 0 Å². The van der Waals surface area contributed by atoms with Crippen LogP contribution in [0.3, 0.4) is 0 Å². The van der Waals surface area contributed by atoms with Crippen LogP contribution in [0.15, 0.2) is 71.6 Å². The lowest BCUT2D eigenvalue weighted by Gasteiger charge is -2.33. The van der Waals surface area contributed by atoms with E-state index < -0.39 is 26.9 Å². The number of benzene rings is 3. The summed E-state index contributed by atoms with van der Waals surface area (Å²) in [4.78, 5) is 10.5. The molecule has 36 heavy (non-hydrogen) atoms. The van der Waals surface area contributed by atoms with Crippen LogP contribution in [0, 0.1) is 10.1 Å². The monoisotopic (exact) mass is 512 g/mol. The number of non-ortho nitro benzene ring substituents is 1. The van der Waals surface area contributed by atoms with Gasteiger partial charge in [0.15, 0.2) is 0 Å². The van der Waals surface area contributed by atoms with Gasteiger partial charge in [0.2, 0.25) is 10.0 Å². The molecular formula is C26H28N2O7S. The quantitative estimate of drug-likeness (QED) is 0.304. The van der Waals surface area contributed by atoms with Gasteiger partial charge < -0.3 is 14.2 Å². The van der Waals surface area contributed by atoms with Crippen molar-refractivity contribution >= 4 is 15.7 Å². The molecule has 0 radical (unpaired) electrons. The van der Waals surface area contributed by atoms with E-state index in [1.165, 1.54) is 28.6 Å². The van der Waals surface area contributed by atoms with Crippen LogP contribution >= 0.6 is 0 Å². The zero-order valence-corrected chi connectivity index (χ0v) is 21.1. The fraction of sp³-hybridized carbons (Fsp3) is 0.308. The average Bonchev–Trinajstić information content (AvgIpc) is 3.40.